The zero-order valence-electron chi connectivity index (χ0n) is 18.9. The van der Waals surface area contributed by atoms with E-state index in [1.54, 1.807) is 0 Å². The lowest BCUT2D eigenvalue weighted by atomic mass is 9.85. The fourth-order valence-electron chi connectivity index (χ4n) is 5.12. The quantitative estimate of drug-likeness (QED) is 0.259. The van der Waals surface area contributed by atoms with Gasteiger partial charge in [0.05, 0.1) is 0 Å². The Morgan fingerprint density at radius 1 is 0.576 bits per heavy atom. The van der Waals surface area contributed by atoms with Crippen LogP contribution in [0.4, 0.5) is 0 Å². The molecule has 5 aromatic carbocycles. The zero-order chi connectivity index (χ0) is 22.4. The third-order valence-corrected chi connectivity index (χ3v) is 6.73. The first-order valence-electron chi connectivity index (χ1n) is 11.6. The highest BCUT2D eigenvalue weighted by molar-refractivity contribution is 6.23. The van der Waals surface area contributed by atoms with Gasteiger partial charge in [-0.05, 0) is 66.7 Å². The van der Waals surface area contributed by atoms with Crippen molar-refractivity contribution in [1.29, 1.82) is 0 Å². The summed E-state index contributed by atoms with van der Waals surface area (Å²) < 4.78 is 0. The largest absolute Gasteiger partial charge is 0.264 e. The van der Waals surface area contributed by atoms with Gasteiger partial charge in [0.2, 0.25) is 0 Å². The molecule has 0 saturated carbocycles. The fourth-order valence-corrected chi connectivity index (χ4v) is 5.12. The van der Waals surface area contributed by atoms with Crippen molar-refractivity contribution in [2.45, 2.75) is 19.8 Å². The van der Waals surface area contributed by atoms with Gasteiger partial charge in [0.1, 0.15) is 0 Å². The van der Waals surface area contributed by atoms with Crippen LogP contribution in [-0.4, -0.2) is 4.98 Å². The monoisotopic (exact) mass is 423 g/mol. The number of nitrogens with zero attached hydrogens (tertiary/aromatic N) is 1. The number of rotatable bonds is 3. The molecule has 0 atom stereocenters. The van der Waals surface area contributed by atoms with Crippen molar-refractivity contribution in [3.8, 4) is 22.3 Å². The van der Waals surface area contributed by atoms with E-state index in [9.17, 15) is 0 Å². The zero-order valence-corrected chi connectivity index (χ0v) is 18.9. The summed E-state index contributed by atoms with van der Waals surface area (Å²) in [6, 6.07) is 35.2. The Labute approximate surface area is 194 Å². The molecule has 1 nitrogen and oxygen atoms in total. The molecule has 0 fully saturated rings. The van der Waals surface area contributed by atoms with E-state index < -0.39 is 0 Å². The van der Waals surface area contributed by atoms with Crippen molar-refractivity contribution >= 4 is 32.3 Å². The molecule has 33 heavy (non-hydrogen) atoms. The van der Waals surface area contributed by atoms with Gasteiger partial charge in [-0.2, -0.15) is 0 Å². The van der Waals surface area contributed by atoms with Gasteiger partial charge in [0.25, 0.3) is 0 Å². The molecule has 0 N–H and O–H groups in total. The molecular formula is C32H25N. The number of fused-ring (bicyclic) bond motifs is 3. The lowest BCUT2D eigenvalue weighted by Crippen LogP contribution is -1.93. The minimum atomic E-state index is 0.482. The van der Waals surface area contributed by atoms with Gasteiger partial charge in [0.15, 0.2) is 0 Å². The van der Waals surface area contributed by atoms with Gasteiger partial charge in [-0.15, -0.1) is 0 Å². The first kappa shape index (κ1) is 19.7. The maximum Gasteiger partial charge on any atom is 0.0353 e. The van der Waals surface area contributed by atoms with Crippen molar-refractivity contribution in [3.05, 3.63) is 115 Å². The van der Waals surface area contributed by atoms with Gasteiger partial charge >= 0.3 is 0 Å². The van der Waals surface area contributed by atoms with E-state index in [0.29, 0.717) is 5.92 Å². The fraction of sp³-hybridized carbons (Fsp3) is 0.0938. The van der Waals surface area contributed by atoms with Crippen LogP contribution in [0.5, 0.6) is 0 Å². The topological polar surface area (TPSA) is 12.9 Å². The number of aromatic nitrogens is 1. The maximum atomic E-state index is 4.56. The third-order valence-electron chi connectivity index (χ3n) is 6.73. The average Bonchev–Trinajstić information content (AvgIpc) is 2.87. The summed E-state index contributed by atoms with van der Waals surface area (Å²) >= 11 is 0. The van der Waals surface area contributed by atoms with E-state index in [0.717, 1.165) is 0 Å². The second kappa shape index (κ2) is 7.86. The summed E-state index contributed by atoms with van der Waals surface area (Å²) in [5.41, 5.74) is 6.42. The molecule has 6 aromatic rings. The molecule has 158 valence electrons. The average molecular weight is 424 g/mol. The summed E-state index contributed by atoms with van der Waals surface area (Å²) in [6.07, 6.45) is 3.95. The standard InChI is InChI=1S/C32H25N/c1-21(2)23-11-7-12-24(19-23)31-27-14-5-6-15-28(27)32(29-17-18-33-20-30(29)31)26-16-8-10-22-9-3-4-13-25(22)26/h3-21H,1-2H3. The number of benzene rings is 5. The first-order valence-corrected chi connectivity index (χ1v) is 11.6. The highest BCUT2D eigenvalue weighted by Gasteiger charge is 2.18. The first-order chi connectivity index (χ1) is 16.2. The van der Waals surface area contributed by atoms with Crippen LogP contribution >= 0.6 is 0 Å². The maximum absolute atomic E-state index is 4.56. The highest BCUT2D eigenvalue weighted by atomic mass is 14.6. The van der Waals surface area contributed by atoms with Crippen LogP contribution in [0.1, 0.15) is 25.3 Å². The van der Waals surface area contributed by atoms with E-state index in [-0.39, 0.29) is 0 Å². The third kappa shape index (κ3) is 3.20. The second-order valence-electron chi connectivity index (χ2n) is 9.02. The van der Waals surface area contributed by atoms with Crippen molar-refractivity contribution in [3.63, 3.8) is 0 Å². The lowest BCUT2D eigenvalue weighted by molar-refractivity contribution is 0.867. The van der Waals surface area contributed by atoms with Gasteiger partial charge < -0.3 is 0 Å². The van der Waals surface area contributed by atoms with Gasteiger partial charge in [0, 0.05) is 17.8 Å². The lowest BCUT2D eigenvalue weighted by Gasteiger charge is -2.19. The van der Waals surface area contributed by atoms with Crippen molar-refractivity contribution in [1.82, 2.24) is 4.98 Å². The molecule has 0 aliphatic heterocycles. The summed E-state index contributed by atoms with van der Waals surface area (Å²) in [5.74, 6) is 0.482. The minimum Gasteiger partial charge on any atom is -0.264 e. The number of hydrogen-bond donors (Lipinski definition) is 0. The van der Waals surface area contributed by atoms with Gasteiger partial charge in [-0.3, -0.25) is 4.98 Å². The molecule has 0 saturated heterocycles. The number of pyridine rings is 1. The minimum absolute atomic E-state index is 0.482. The second-order valence-corrected chi connectivity index (χ2v) is 9.02. The SMILES string of the molecule is CC(C)c1cccc(-c2c3ccccc3c(-c3cccc4ccccc34)c3ccncc23)c1. The normalized spacial score (nSPS) is 11.6. The molecule has 0 bridgehead atoms. The van der Waals surface area contributed by atoms with Crippen LogP contribution in [0, 0.1) is 0 Å². The van der Waals surface area contributed by atoms with Crippen molar-refractivity contribution in [2.24, 2.45) is 0 Å². The molecule has 0 aliphatic rings. The van der Waals surface area contributed by atoms with Crippen molar-refractivity contribution < 1.29 is 0 Å². The Kier molecular flexibility index (Phi) is 4.69. The van der Waals surface area contributed by atoms with Crippen LogP contribution in [0.15, 0.2) is 109 Å². The van der Waals surface area contributed by atoms with Crippen LogP contribution in [-0.2, 0) is 0 Å². The summed E-state index contributed by atoms with van der Waals surface area (Å²) in [6.45, 7) is 4.50. The summed E-state index contributed by atoms with van der Waals surface area (Å²) in [4.78, 5) is 4.56. The summed E-state index contributed by atoms with van der Waals surface area (Å²) in [7, 11) is 0. The molecule has 0 unspecified atom stereocenters. The van der Waals surface area contributed by atoms with Crippen LogP contribution in [0.3, 0.4) is 0 Å². The number of hydrogen-bond acceptors (Lipinski definition) is 1. The van der Waals surface area contributed by atoms with E-state index >= 15 is 0 Å². The summed E-state index contributed by atoms with van der Waals surface area (Å²) in [5, 5.41) is 7.51. The van der Waals surface area contributed by atoms with E-state index in [1.165, 1.54) is 60.1 Å². The van der Waals surface area contributed by atoms with E-state index in [1.807, 2.05) is 12.4 Å². The van der Waals surface area contributed by atoms with Crippen LogP contribution < -0.4 is 0 Å². The van der Waals surface area contributed by atoms with Crippen LogP contribution in [0.2, 0.25) is 0 Å². The molecule has 1 aromatic heterocycles. The molecule has 1 heterocycles. The molecule has 6 rings (SSSR count). The smallest absolute Gasteiger partial charge is 0.0353 e. The molecular weight excluding hydrogens is 398 g/mol. The molecule has 0 amide bonds. The predicted octanol–water partition coefficient (Wildman–Crippen LogP) is 9.00. The molecule has 0 aliphatic carbocycles. The van der Waals surface area contributed by atoms with Gasteiger partial charge in [-0.1, -0.05) is 105 Å². The Bertz CT molecular complexity index is 1580. The van der Waals surface area contributed by atoms with Crippen molar-refractivity contribution in [2.75, 3.05) is 0 Å². The van der Waals surface area contributed by atoms with E-state index in [4.69, 9.17) is 0 Å². The Morgan fingerprint density at radius 3 is 2.06 bits per heavy atom. The Hall–Kier alpha value is -3.97. The highest BCUT2D eigenvalue weighted by Crippen LogP contribution is 2.45. The molecule has 0 radical (unpaired) electrons. The molecule has 0 spiro atoms. The molecule has 1 heteroatoms. The Balaban J connectivity index is 1.79. The van der Waals surface area contributed by atoms with E-state index in [2.05, 4.69) is 116 Å². The predicted molar refractivity (Wildman–Crippen MR) is 142 cm³/mol. The van der Waals surface area contributed by atoms with Gasteiger partial charge in [-0.25, -0.2) is 0 Å². The Morgan fingerprint density at radius 2 is 1.24 bits per heavy atom. The van der Waals surface area contributed by atoms with Crippen LogP contribution in [0.25, 0.3) is 54.6 Å².